The van der Waals surface area contributed by atoms with E-state index in [9.17, 15) is 18.3 Å². The highest BCUT2D eigenvalue weighted by Gasteiger charge is 2.57. The van der Waals surface area contributed by atoms with Gasteiger partial charge in [-0.15, -0.1) is 0 Å². The number of carboxylic acid groups (broad SMARTS) is 1. The van der Waals surface area contributed by atoms with Crippen LogP contribution in [0.5, 0.6) is 0 Å². The first-order valence-electron chi connectivity index (χ1n) is 6.38. The van der Waals surface area contributed by atoms with Crippen LogP contribution in [-0.4, -0.2) is 42.7 Å². The van der Waals surface area contributed by atoms with Gasteiger partial charge in [0.2, 0.25) is 0 Å². The maximum Gasteiger partial charge on any atom is 0.312 e. The van der Waals surface area contributed by atoms with E-state index in [0.717, 1.165) is 12.8 Å². The molecule has 0 amide bonds. The highest BCUT2D eigenvalue weighted by atomic mass is 32.2. The molecular formula is C12H20O5S. The molecule has 18 heavy (non-hydrogen) atoms. The Hall–Kier alpha value is -0.620. The van der Waals surface area contributed by atoms with Gasteiger partial charge in [-0.2, -0.15) is 0 Å². The van der Waals surface area contributed by atoms with Gasteiger partial charge in [0.15, 0.2) is 9.84 Å². The van der Waals surface area contributed by atoms with Gasteiger partial charge in [-0.1, -0.05) is 0 Å². The fourth-order valence-electron chi connectivity index (χ4n) is 2.96. The van der Waals surface area contributed by atoms with E-state index in [-0.39, 0.29) is 24.4 Å². The first kappa shape index (κ1) is 13.8. The fraction of sp³-hybridized carbons (Fsp3) is 0.917. The molecule has 2 saturated heterocycles. The molecule has 2 aliphatic heterocycles. The predicted octanol–water partition coefficient (Wildman–Crippen LogP) is 1.22. The third kappa shape index (κ3) is 2.16. The number of sulfone groups is 1. The zero-order chi connectivity index (χ0) is 13.6. The monoisotopic (exact) mass is 276 g/mol. The van der Waals surface area contributed by atoms with Crippen LogP contribution in [0.2, 0.25) is 0 Å². The molecule has 3 unspecified atom stereocenters. The molecule has 0 aliphatic carbocycles. The standard InChI is InChI=1S/C12H20O5S/c1-8(2)18(15,16)6-5-12(11(13)14)7-9-3-4-10(12)17-9/h8-10H,3-7H2,1-2H3,(H,13,14). The molecule has 2 heterocycles. The van der Waals surface area contributed by atoms with Crippen molar-refractivity contribution in [2.24, 2.45) is 5.41 Å². The van der Waals surface area contributed by atoms with Crippen LogP contribution >= 0.6 is 0 Å². The van der Waals surface area contributed by atoms with Gasteiger partial charge in [0.05, 0.1) is 28.6 Å². The second-order valence-corrected chi connectivity index (χ2v) is 8.33. The molecule has 0 saturated carbocycles. The number of hydrogen-bond donors (Lipinski definition) is 1. The molecule has 1 N–H and O–H groups in total. The normalized spacial score (nSPS) is 35.3. The van der Waals surface area contributed by atoms with E-state index in [1.807, 2.05) is 0 Å². The van der Waals surface area contributed by atoms with Crippen LogP contribution in [0.15, 0.2) is 0 Å². The molecule has 2 bridgehead atoms. The Bertz CT molecular complexity index is 441. The molecule has 0 aromatic carbocycles. The molecule has 0 aromatic rings. The van der Waals surface area contributed by atoms with Crippen molar-refractivity contribution in [3.05, 3.63) is 0 Å². The lowest BCUT2D eigenvalue weighted by Crippen LogP contribution is -2.42. The van der Waals surface area contributed by atoms with E-state index in [1.165, 1.54) is 0 Å². The van der Waals surface area contributed by atoms with Crippen molar-refractivity contribution in [2.45, 2.75) is 57.0 Å². The fourth-order valence-corrected chi connectivity index (χ4v) is 4.08. The summed E-state index contributed by atoms with van der Waals surface area (Å²) in [5, 5.41) is 8.99. The van der Waals surface area contributed by atoms with Gasteiger partial charge in [-0.25, -0.2) is 8.42 Å². The summed E-state index contributed by atoms with van der Waals surface area (Å²) < 4.78 is 29.2. The quantitative estimate of drug-likeness (QED) is 0.816. The van der Waals surface area contributed by atoms with Crippen molar-refractivity contribution in [1.29, 1.82) is 0 Å². The van der Waals surface area contributed by atoms with Gasteiger partial charge >= 0.3 is 5.97 Å². The molecule has 5 nitrogen and oxygen atoms in total. The molecular weight excluding hydrogens is 256 g/mol. The zero-order valence-corrected chi connectivity index (χ0v) is 11.6. The van der Waals surface area contributed by atoms with Gasteiger partial charge in [0, 0.05) is 0 Å². The molecule has 0 spiro atoms. The maximum absolute atomic E-state index is 11.8. The Morgan fingerprint density at radius 1 is 1.44 bits per heavy atom. The van der Waals surface area contributed by atoms with Crippen molar-refractivity contribution >= 4 is 15.8 Å². The third-order valence-corrected chi connectivity index (χ3v) is 6.50. The van der Waals surface area contributed by atoms with Crippen LogP contribution in [0.3, 0.4) is 0 Å². The van der Waals surface area contributed by atoms with E-state index in [4.69, 9.17) is 4.74 Å². The summed E-state index contributed by atoms with van der Waals surface area (Å²) in [6, 6.07) is 0. The minimum Gasteiger partial charge on any atom is -0.481 e. The number of carboxylic acids is 1. The number of ether oxygens (including phenoxy) is 1. The van der Waals surface area contributed by atoms with Crippen molar-refractivity contribution in [3.8, 4) is 0 Å². The third-order valence-electron chi connectivity index (χ3n) is 4.29. The summed E-state index contributed by atoms with van der Waals surface area (Å²) in [5.41, 5.74) is -0.981. The average Bonchev–Trinajstić information content (AvgIpc) is 2.86. The number of hydrogen-bond acceptors (Lipinski definition) is 4. The summed E-state index contributed by atoms with van der Waals surface area (Å²) in [6.45, 7) is 3.25. The van der Waals surface area contributed by atoms with Gasteiger partial charge in [-0.05, 0) is 39.5 Å². The summed E-state index contributed by atoms with van der Waals surface area (Å²) in [4.78, 5) is 11.5. The molecule has 0 radical (unpaired) electrons. The lowest BCUT2D eigenvalue weighted by atomic mass is 9.72. The Kier molecular flexibility index (Phi) is 3.44. The highest BCUT2D eigenvalue weighted by molar-refractivity contribution is 7.91. The summed E-state index contributed by atoms with van der Waals surface area (Å²) in [7, 11) is -3.19. The molecule has 2 fully saturated rings. The highest BCUT2D eigenvalue weighted by Crippen LogP contribution is 2.50. The molecule has 6 heteroatoms. The molecule has 2 aliphatic rings. The van der Waals surface area contributed by atoms with E-state index in [1.54, 1.807) is 13.8 Å². The largest absolute Gasteiger partial charge is 0.481 e. The minimum absolute atomic E-state index is 0.00727. The summed E-state index contributed by atoms with van der Waals surface area (Å²) in [6.07, 6.45) is 1.97. The van der Waals surface area contributed by atoms with Gasteiger partial charge in [-0.3, -0.25) is 4.79 Å². The molecule has 104 valence electrons. The Labute approximate surface area is 107 Å². The summed E-state index contributed by atoms with van der Waals surface area (Å²) in [5.74, 6) is -0.975. The number of fused-ring (bicyclic) bond motifs is 2. The first-order chi connectivity index (χ1) is 8.28. The van der Waals surface area contributed by atoms with Crippen LogP contribution in [0, 0.1) is 5.41 Å². The molecule has 2 rings (SSSR count). The number of rotatable bonds is 5. The van der Waals surface area contributed by atoms with Gasteiger partial charge < -0.3 is 9.84 Å². The van der Waals surface area contributed by atoms with E-state index >= 15 is 0 Å². The van der Waals surface area contributed by atoms with Gasteiger partial charge in [0.1, 0.15) is 0 Å². The Morgan fingerprint density at radius 3 is 2.50 bits per heavy atom. The number of aliphatic carboxylic acids is 1. The first-order valence-corrected chi connectivity index (χ1v) is 8.10. The molecule has 0 aromatic heterocycles. The Balaban J connectivity index is 2.12. The number of carbonyl (C=O) groups is 1. The SMILES string of the molecule is CC(C)S(=O)(=O)CCC1(C(=O)O)CC2CCC1O2. The van der Waals surface area contributed by atoms with Crippen molar-refractivity contribution in [1.82, 2.24) is 0 Å². The van der Waals surface area contributed by atoms with E-state index in [2.05, 4.69) is 0 Å². The van der Waals surface area contributed by atoms with Crippen LogP contribution in [-0.2, 0) is 19.4 Å². The van der Waals surface area contributed by atoms with Crippen molar-refractivity contribution in [3.63, 3.8) is 0 Å². The maximum atomic E-state index is 11.8. The zero-order valence-electron chi connectivity index (χ0n) is 10.8. The van der Waals surface area contributed by atoms with E-state index < -0.39 is 26.5 Å². The van der Waals surface area contributed by atoms with Crippen LogP contribution in [0.4, 0.5) is 0 Å². The van der Waals surface area contributed by atoms with Crippen molar-refractivity contribution < 1.29 is 23.1 Å². The second-order valence-electron chi connectivity index (χ2n) is 5.66. The van der Waals surface area contributed by atoms with Gasteiger partial charge in [0.25, 0.3) is 0 Å². The second kappa shape index (κ2) is 4.49. The lowest BCUT2D eigenvalue weighted by Gasteiger charge is -2.31. The van der Waals surface area contributed by atoms with Crippen LogP contribution < -0.4 is 0 Å². The Morgan fingerprint density at radius 2 is 2.11 bits per heavy atom. The smallest absolute Gasteiger partial charge is 0.312 e. The van der Waals surface area contributed by atoms with Crippen molar-refractivity contribution in [2.75, 3.05) is 5.75 Å². The molecule has 3 atom stereocenters. The topological polar surface area (TPSA) is 80.7 Å². The predicted molar refractivity (Wildman–Crippen MR) is 66.1 cm³/mol. The van der Waals surface area contributed by atoms with Crippen LogP contribution in [0.1, 0.15) is 39.5 Å². The average molecular weight is 276 g/mol. The summed E-state index contributed by atoms with van der Waals surface area (Å²) >= 11 is 0. The minimum atomic E-state index is -3.19. The van der Waals surface area contributed by atoms with Crippen LogP contribution in [0.25, 0.3) is 0 Å². The lowest BCUT2D eigenvalue weighted by molar-refractivity contribution is -0.152. The van der Waals surface area contributed by atoms with E-state index in [0.29, 0.717) is 6.42 Å².